The second kappa shape index (κ2) is 10.4. The molecule has 9 heteroatoms. The van der Waals surface area contributed by atoms with Crippen molar-refractivity contribution in [1.29, 1.82) is 0 Å². The van der Waals surface area contributed by atoms with E-state index in [1.165, 1.54) is 0 Å². The van der Waals surface area contributed by atoms with Gasteiger partial charge < -0.3 is 15.7 Å². The molecular formula is C16H21BrClN3O4. The Morgan fingerprint density at radius 1 is 1.16 bits per heavy atom. The smallest absolute Gasteiger partial charge is 0.322 e. The molecule has 138 valence electrons. The Kier molecular flexibility index (Phi) is 8.88. The fourth-order valence-electron chi connectivity index (χ4n) is 2.56. The van der Waals surface area contributed by atoms with Crippen LogP contribution < -0.4 is 10.6 Å². The summed E-state index contributed by atoms with van der Waals surface area (Å²) in [6.07, 6.45) is 1.35. The van der Waals surface area contributed by atoms with Crippen molar-refractivity contribution in [2.75, 3.05) is 31.5 Å². The molecule has 0 bridgehead atoms. The van der Waals surface area contributed by atoms with Crippen molar-refractivity contribution >= 4 is 51.8 Å². The van der Waals surface area contributed by atoms with E-state index >= 15 is 0 Å². The number of rotatable bonds is 6. The van der Waals surface area contributed by atoms with Crippen molar-refractivity contribution < 1.29 is 19.5 Å². The van der Waals surface area contributed by atoms with Crippen molar-refractivity contribution in [3.05, 3.63) is 28.7 Å². The number of likely N-dealkylation sites (tertiary alicyclic amines) is 1. The van der Waals surface area contributed by atoms with E-state index in [0.29, 0.717) is 25.9 Å². The minimum absolute atomic E-state index is 0. The third kappa shape index (κ3) is 7.41. The number of nitrogens with one attached hydrogen (secondary N) is 2. The van der Waals surface area contributed by atoms with E-state index in [4.69, 9.17) is 5.11 Å². The Hall–Kier alpha value is -1.64. The van der Waals surface area contributed by atoms with E-state index in [2.05, 4.69) is 26.6 Å². The molecule has 1 aromatic rings. The van der Waals surface area contributed by atoms with Gasteiger partial charge in [0.15, 0.2) is 0 Å². The van der Waals surface area contributed by atoms with E-state index in [-0.39, 0.29) is 43.2 Å². The predicted octanol–water partition coefficient (Wildman–Crippen LogP) is 1.72. The maximum atomic E-state index is 12.3. The Balaban J connectivity index is 0.00000312. The molecular weight excluding hydrogens is 414 g/mol. The van der Waals surface area contributed by atoms with Gasteiger partial charge in [0.25, 0.3) is 0 Å². The van der Waals surface area contributed by atoms with E-state index in [1.807, 2.05) is 29.2 Å². The lowest BCUT2D eigenvalue weighted by Gasteiger charge is -2.30. The van der Waals surface area contributed by atoms with Crippen molar-refractivity contribution in [2.24, 2.45) is 5.92 Å². The monoisotopic (exact) mass is 433 g/mol. The molecule has 7 nitrogen and oxygen atoms in total. The summed E-state index contributed by atoms with van der Waals surface area (Å²) < 4.78 is 0.954. The highest BCUT2D eigenvalue weighted by atomic mass is 79.9. The highest BCUT2D eigenvalue weighted by Crippen LogP contribution is 2.20. The van der Waals surface area contributed by atoms with Gasteiger partial charge in [0.2, 0.25) is 11.8 Å². The molecule has 1 saturated heterocycles. The van der Waals surface area contributed by atoms with Gasteiger partial charge in [0.05, 0.1) is 6.54 Å². The van der Waals surface area contributed by atoms with Crippen LogP contribution in [0.25, 0.3) is 0 Å². The molecule has 0 atom stereocenters. The fourth-order valence-corrected chi connectivity index (χ4v) is 2.83. The summed E-state index contributed by atoms with van der Waals surface area (Å²) in [4.78, 5) is 36.2. The number of aliphatic carboxylic acids is 1. The third-order valence-electron chi connectivity index (χ3n) is 3.87. The average molecular weight is 435 g/mol. The molecule has 3 N–H and O–H groups in total. The molecule has 0 spiro atoms. The largest absolute Gasteiger partial charge is 0.480 e. The number of carbonyl (C=O) groups excluding carboxylic acids is 2. The number of amides is 2. The molecule has 0 saturated carbocycles. The number of hydrogen-bond donors (Lipinski definition) is 3. The molecule has 1 aliphatic rings. The molecule has 2 amide bonds. The zero-order valence-electron chi connectivity index (χ0n) is 13.5. The van der Waals surface area contributed by atoms with E-state index in [9.17, 15) is 14.4 Å². The van der Waals surface area contributed by atoms with Crippen LogP contribution in [0, 0.1) is 5.92 Å². The van der Waals surface area contributed by atoms with Crippen LogP contribution in [0.1, 0.15) is 12.8 Å². The molecule has 0 aliphatic carbocycles. The summed E-state index contributed by atoms with van der Waals surface area (Å²) in [5.74, 6) is -1.46. The van der Waals surface area contributed by atoms with Gasteiger partial charge in [-0.2, -0.15) is 0 Å². The Bertz CT molecular complexity index is 604. The Morgan fingerprint density at radius 2 is 1.76 bits per heavy atom. The number of carboxylic acid groups (broad SMARTS) is 1. The lowest BCUT2D eigenvalue weighted by Crippen LogP contribution is -2.44. The average Bonchev–Trinajstić information content (AvgIpc) is 2.55. The quantitative estimate of drug-likeness (QED) is 0.633. The second-order valence-electron chi connectivity index (χ2n) is 5.72. The van der Waals surface area contributed by atoms with Crippen molar-refractivity contribution in [3.63, 3.8) is 0 Å². The summed E-state index contributed by atoms with van der Waals surface area (Å²) in [6, 6.07) is 7.41. The maximum absolute atomic E-state index is 12.3. The van der Waals surface area contributed by atoms with Crippen molar-refractivity contribution in [2.45, 2.75) is 12.8 Å². The molecule has 0 unspecified atom stereocenters. The van der Waals surface area contributed by atoms with Gasteiger partial charge in [0, 0.05) is 16.1 Å². The summed E-state index contributed by atoms with van der Waals surface area (Å²) in [5, 5.41) is 13.8. The van der Waals surface area contributed by atoms with Crippen LogP contribution in [0.15, 0.2) is 28.7 Å². The molecule has 0 radical (unpaired) electrons. The highest BCUT2D eigenvalue weighted by Gasteiger charge is 2.26. The molecule has 1 aromatic carbocycles. The maximum Gasteiger partial charge on any atom is 0.322 e. The summed E-state index contributed by atoms with van der Waals surface area (Å²) >= 11 is 3.35. The zero-order valence-corrected chi connectivity index (χ0v) is 15.9. The fraction of sp³-hybridized carbons (Fsp3) is 0.438. The Labute approximate surface area is 160 Å². The third-order valence-corrected chi connectivity index (χ3v) is 4.40. The number of carboxylic acids is 1. The van der Waals surface area contributed by atoms with Crippen LogP contribution in [-0.2, 0) is 14.4 Å². The molecule has 1 heterocycles. The Morgan fingerprint density at radius 3 is 2.32 bits per heavy atom. The summed E-state index contributed by atoms with van der Waals surface area (Å²) in [5.41, 5.74) is 0.763. The molecule has 1 fully saturated rings. The number of hydrogen-bond acceptors (Lipinski definition) is 4. The van der Waals surface area contributed by atoms with Crippen LogP contribution in [0.4, 0.5) is 5.69 Å². The first-order valence-electron chi connectivity index (χ1n) is 7.71. The standard InChI is InChI=1S/C16H20BrN3O4.ClH/c17-12-1-3-13(4-2-12)19-16(24)11-5-7-20(8-6-11)10-14(21)18-9-15(22)23;/h1-4,11H,5-10H2,(H,18,21)(H,19,24)(H,22,23);1H. The number of piperidine rings is 1. The number of benzene rings is 1. The van der Waals surface area contributed by atoms with Crippen LogP contribution in [0.2, 0.25) is 0 Å². The van der Waals surface area contributed by atoms with Gasteiger partial charge in [-0.3, -0.25) is 19.3 Å². The van der Waals surface area contributed by atoms with E-state index in [0.717, 1.165) is 10.2 Å². The van der Waals surface area contributed by atoms with E-state index in [1.54, 1.807) is 0 Å². The normalized spacial score (nSPS) is 15.1. The van der Waals surface area contributed by atoms with Crippen molar-refractivity contribution in [1.82, 2.24) is 10.2 Å². The van der Waals surface area contributed by atoms with Crippen molar-refractivity contribution in [3.8, 4) is 0 Å². The first-order chi connectivity index (χ1) is 11.4. The lowest BCUT2D eigenvalue weighted by molar-refractivity contribution is -0.138. The number of halogens is 2. The summed E-state index contributed by atoms with van der Waals surface area (Å²) in [6.45, 7) is 1.07. The van der Waals surface area contributed by atoms with Gasteiger partial charge in [-0.25, -0.2) is 0 Å². The highest BCUT2D eigenvalue weighted by molar-refractivity contribution is 9.10. The SMILES string of the molecule is Cl.O=C(O)CNC(=O)CN1CCC(C(=O)Nc2ccc(Br)cc2)CC1. The lowest BCUT2D eigenvalue weighted by atomic mass is 9.96. The number of nitrogens with zero attached hydrogens (tertiary/aromatic N) is 1. The van der Waals surface area contributed by atoms with Gasteiger partial charge in [0.1, 0.15) is 6.54 Å². The molecule has 0 aromatic heterocycles. The van der Waals surface area contributed by atoms with Gasteiger partial charge >= 0.3 is 5.97 Å². The van der Waals surface area contributed by atoms with Crippen LogP contribution in [-0.4, -0.2) is 54.0 Å². The zero-order chi connectivity index (χ0) is 17.5. The van der Waals surface area contributed by atoms with Crippen LogP contribution >= 0.6 is 28.3 Å². The predicted molar refractivity (Wildman–Crippen MR) is 99.8 cm³/mol. The molecule has 2 rings (SSSR count). The molecule has 1 aliphatic heterocycles. The molecule has 25 heavy (non-hydrogen) atoms. The van der Waals surface area contributed by atoms with Gasteiger partial charge in [-0.15, -0.1) is 12.4 Å². The minimum atomic E-state index is -1.06. The number of carbonyl (C=O) groups is 3. The summed E-state index contributed by atoms with van der Waals surface area (Å²) in [7, 11) is 0. The first kappa shape index (κ1) is 21.4. The van der Waals surface area contributed by atoms with Crippen LogP contribution in [0.5, 0.6) is 0 Å². The number of anilines is 1. The first-order valence-corrected chi connectivity index (χ1v) is 8.50. The minimum Gasteiger partial charge on any atom is -0.480 e. The van der Waals surface area contributed by atoms with Gasteiger partial charge in [-0.1, -0.05) is 15.9 Å². The van der Waals surface area contributed by atoms with Crippen LogP contribution in [0.3, 0.4) is 0 Å². The topological polar surface area (TPSA) is 98.7 Å². The second-order valence-corrected chi connectivity index (χ2v) is 6.63. The van der Waals surface area contributed by atoms with Gasteiger partial charge in [-0.05, 0) is 50.2 Å². The van der Waals surface area contributed by atoms with E-state index < -0.39 is 5.97 Å².